The first-order chi connectivity index (χ1) is 12.0. The van der Waals surface area contributed by atoms with Crippen LogP contribution in [0.3, 0.4) is 0 Å². The normalized spacial score (nSPS) is 11.4. The Bertz CT molecular complexity index is 1130. The van der Waals surface area contributed by atoms with Crippen molar-refractivity contribution in [1.82, 2.24) is 14.8 Å². The first-order valence-corrected chi connectivity index (χ1v) is 8.85. The standard InChI is InChI=1S/C20H18BrN3O/c1-11-5-6-13(8-15(11)21)20-19-14-7-12(2)18(25-4)9-16(14)22-10-17(19)24(3)23-20/h5-10H,1-4H3. The molecule has 4 rings (SSSR count). The molecule has 0 bridgehead atoms. The van der Waals surface area contributed by atoms with Gasteiger partial charge in [-0.15, -0.1) is 0 Å². The zero-order chi connectivity index (χ0) is 17.7. The smallest absolute Gasteiger partial charge is 0.123 e. The molecule has 0 saturated carbocycles. The lowest BCUT2D eigenvalue weighted by Crippen LogP contribution is -1.91. The van der Waals surface area contributed by atoms with Crippen molar-refractivity contribution in [3.8, 4) is 17.0 Å². The molecule has 2 heterocycles. The molecule has 4 aromatic rings. The molecule has 0 unspecified atom stereocenters. The predicted molar refractivity (Wildman–Crippen MR) is 105 cm³/mol. The van der Waals surface area contributed by atoms with E-state index in [1.807, 2.05) is 24.0 Å². The summed E-state index contributed by atoms with van der Waals surface area (Å²) in [5.74, 6) is 0.850. The Labute approximate surface area is 154 Å². The number of aromatic nitrogens is 3. The van der Waals surface area contributed by atoms with Crippen LogP contribution in [0.5, 0.6) is 5.75 Å². The summed E-state index contributed by atoms with van der Waals surface area (Å²) in [6.07, 6.45) is 1.88. The van der Waals surface area contributed by atoms with E-state index in [1.165, 1.54) is 5.56 Å². The number of aryl methyl sites for hydroxylation is 3. The van der Waals surface area contributed by atoms with Crippen LogP contribution in [0.25, 0.3) is 33.1 Å². The highest BCUT2D eigenvalue weighted by Crippen LogP contribution is 2.36. The van der Waals surface area contributed by atoms with E-state index < -0.39 is 0 Å². The molecule has 0 aliphatic heterocycles. The van der Waals surface area contributed by atoms with Gasteiger partial charge in [-0.25, -0.2) is 0 Å². The summed E-state index contributed by atoms with van der Waals surface area (Å²) >= 11 is 3.63. The second-order valence-electron chi connectivity index (χ2n) is 6.29. The lowest BCUT2D eigenvalue weighted by atomic mass is 10.0. The Hall–Kier alpha value is -2.40. The van der Waals surface area contributed by atoms with Crippen LogP contribution in [0.2, 0.25) is 0 Å². The van der Waals surface area contributed by atoms with Gasteiger partial charge in [0.1, 0.15) is 11.4 Å². The van der Waals surface area contributed by atoms with Crippen molar-refractivity contribution < 1.29 is 4.74 Å². The predicted octanol–water partition coefficient (Wildman–Crippen LogP) is 5.18. The highest BCUT2D eigenvalue weighted by atomic mass is 79.9. The fraction of sp³-hybridized carbons (Fsp3) is 0.200. The molecule has 0 aliphatic carbocycles. The van der Waals surface area contributed by atoms with Crippen LogP contribution in [0.15, 0.2) is 41.0 Å². The van der Waals surface area contributed by atoms with Gasteiger partial charge in [0.2, 0.25) is 0 Å². The molecule has 0 atom stereocenters. The number of nitrogens with zero attached hydrogens (tertiary/aromatic N) is 3. The van der Waals surface area contributed by atoms with E-state index in [9.17, 15) is 0 Å². The molecular formula is C20H18BrN3O. The number of ether oxygens (including phenoxy) is 1. The molecule has 0 N–H and O–H groups in total. The lowest BCUT2D eigenvalue weighted by molar-refractivity contribution is 0.412. The molecule has 5 heteroatoms. The van der Waals surface area contributed by atoms with Crippen LogP contribution in [0.1, 0.15) is 11.1 Å². The number of hydrogen-bond acceptors (Lipinski definition) is 3. The Balaban J connectivity index is 2.11. The van der Waals surface area contributed by atoms with Crippen molar-refractivity contribution in [3.63, 3.8) is 0 Å². The van der Waals surface area contributed by atoms with E-state index in [-0.39, 0.29) is 0 Å². The van der Waals surface area contributed by atoms with Gasteiger partial charge in [0, 0.05) is 33.9 Å². The third kappa shape index (κ3) is 2.50. The van der Waals surface area contributed by atoms with Gasteiger partial charge in [-0.3, -0.25) is 9.67 Å². The fourth-order valence-corrected chi connectivity index (χ4v) is 3.61. The van der Waals surface area contributed by atoms with Crippen LogP contribution < -0.4 is 4.74 Å². The molecule has 0 fully saturated rings. The number of hydrogen-bond donors (Lipinski definition) is 0. The fourth-order valence-electron chi connectivity index (χ4n) is 3.23. The number of benzene rings is 2. The van der Waals surface area contributed by atoms with Crippen LogP contribution in [0, 0.1) is 13.8 Å². The van der Waals surface area contributed by atoms with Crippen molar-refractivity contribution in [2.45, 2.75) is 13.8 Å². The maximum absolute atomic E-state index is 5.45. The first-order valence-electron chi connectivity index (χ1n) is 8.06. The van der Waals surface area contributed by atoms with Gasteiger partial charge in [0.15, 0.2) is 0 Å². The minimum Gasteiger partial charge on any atom is -0.496 e. The zero-order valence-electron chi connectivity index (χ0n) is 14.6. The first kappa shape index (κ1) is 16.1. The summed E-state index contributed by atoms with van der Waals surface area (Å²) in [5, 5.41) is 6.99. The van der Waals surface area contributed by atoms with Crippen LogP contribution >= 0.6 is 15.9 Å². The average molecular weight is 396 g/mol. The molecule has 0 aliphatic rings. The summed E-state index contributed by atoms with van der Waals surface area (Å²) in [5.41, 5.74) is 6.28. The minimum atomic E-state index is 0.850. The van der Waals surface area contributed by atoms with E-state index in [0.29, 0.717) is 0 Å². The maximum Gasteiger partial charge on any atom is 0.123 e. The van der Waals surface area contributed by atoms with Gasteiger partial charge in [-0.1, -0.05) is 28.1 Å². The SMILES string of the molecule is COc1cc2ncc3c(c(-c4ccc(C)c(Br)c4)nn3C)c2cc1C. The van der Waals surface area contributed by atoms with Crippen LogP contribution in [0.4, 0.5) is 0 Å². The Morgan fingerprint density at radius 1 is 1.08 bits per heavy atom. The summed E-state index contributed by atoms with van der Waals surface area (Å²) in [7, 11) is 3.64. The molecule has 2 aromatic heterocycles. The Morgan fingerprint density at radius 3 is 2.60 bits per heavy atom. The molecule has 25 heavy (non-hydrogen) atoms. The van der Waals surface area contributed by atoms with Gasteiger partial charge in [0.05, 0.1) is 24.3 Å². The van der Waals surface area contributed by atoms with Gasteiger partial charge in [-0.2, -0.15) is 5.10 Å². The van der Waals surface area contributed by atoms with E-state index >= 15 is 0 Å². The Morgan fingerprint density at radius 2 is 1.88 bits per heavy atom. The van der Waals surface area contributed by atoms with Crippen LogP contribution in [-0.4, -0.2) is 21.9 Å². The summed E-state index contributed by atoms with van der Waals surface area (Å²) in [4.78, 5) is 4.61. The monoisotopic (exact) mass is 395 g/mol. The summed E-state index contributed by atoms with van der Waals surface area (Å²) in [6.45, 7) is 4.13. The van der Waals surface area contributed by atoms with E-state index in [2.05, 4.69) is 59.0 Å². The Kier molecular flexibility index (Phi) is 3.76. The van der Waals surface area contributed by atoms with Crippen molar-refractivity contribution in [3.05, 3.63) is 52.1 Å². The van der Waals surface area contributed by atoms with Crippen molar-refractivity contribution in [2.75, 3.05) is 7.11 Å². The van der Waals surface area contributed by atoms with Crippen molar-refractivity contribution >= 4 is 37.7 Å². The number of pyridine rings is 1. The quantitative estimate of drug-likeness (QED) is 0.469. The van der Waals surface area contributed by atoms with Gasteiger partial charge in [0.25, 0.3) is 0 Å². The molecular weight excluding hydrogens is 378 g/mol. The van der Waals surface area contributed by atoms with Gasteiger partial charge in [-0.05, 0) is 37.1 Å². The van der Waals surface area contributed by atoms with E-state index in [0.717, 1.165) is 48.8 Å². The number of methoxy groups -OCH3 is 1. The number of fused-ring (bicyclic) bond motifs is 3. The summed E-state index contributed by atoms with van der Waals surface area (Å²) in [6, 6.07) is 10.5. The topological polar surface area (TPSA) is 39.9 Å². The minimum absolute atomic E-state index is 0.850. The maximum atomic E-state index is 5.45. The molecule has 4 nitrogen and oxygen atoms in total. The van der Waals surface area contributed by atoms with Gasteiger partial charge >= 0.3 is 0 Å². The van der Waals surface area contributed by atoms with E-state index in [1.54, 1.807) is 7.11 Å². The highest BCUT2D eigenvalue weighted by Gasteiger charge is 2.16. The average Bonchev–Trinajstić information content (AvgIpc) is 2.94. The third-order valence-electron chi connectivity index (χ3n) is 4.65. The van der Waals surface area contributed by atoms with E-state index in [4.69, 9.17) is 9.84 Å². The molecule has 126 valence electrons. The molecule has 2 aromatic carbocycles. The van der Waals surface area contributed by atoms with Crippen molar-refractivity contribution in [2.24, 2.45) is 7.05 Å². The third-order valence-corrected chi connectivity index (χ3v) is 5.50. The largest absolute Gasteiger partial charge is 0.496 e. The molecule has 0 amide bonds. The van der Waals surface area contributed by atoms with Crippen LogP contribution in [-0.2, 0) is 7.05 Å². The zero-order valence-corrected chi connectivity index (χ0v) is 16.2. The highest BCUT2D eigenvalue weighted by molar-refractivity contribution is 9.10. The second kappa shape index (κ2) is 5.85. The summed E-state index contributed by atoms with van der Waals surface area (Å²) < 4.78 is 8.42. The van der Waals surface area contributed by atoms with Gasteiger partial charge < -0.3 is 4.74 Å². The second-order valence-corrected chi connectivity index (χ2v) is 7.15. The molecule has 0 radical (unpaired) electrons. The lowest BCUT2D eigenvalue weighted by Gasteiger charge is -2.08. The number of rotatable bonds is 2. The molecule has 0 saturated heterocycles. The molecule has 0 spiro atoms. The number of halogens is 1. The van der Waals surface area contributed by atoms with Crippen molar-refractivity contribution in [1.29, 1.82) is 0 Å².